The number of thioether (sulfide) groups is 1. The number of thiazole rings is 1. The summed E-state index contributed by atoms with van der Waals surface area (Å²) in [7, 11) is 0. The van der Waals surface area contributed by atoms with Crippen LogP contribution in [0.2, 0.25) is 0 Å². The lowest BCUT2D eigenvalue weighted by Gasteiger charge is -2.11. The van der Waals surface area contributed by atoms with E-state index >= 15 is 0 Å². The third-order valence-corrected chi connectivity index (χ3v) is 8.10. The maximum Gasteiger partial charge on any atom is 0.236 e. The number of rotatable bonds is 6. The average molecular weight is 457 g/mol. The summed E-state index contributed by atoms with van der Waals surface area (Å²) in [5.41, 5.74) is 2.25. The first-order valence-corrected chi connectivity index (χ1v) is 12.5. The molecule has 154 valence electrons. The van der Waals surface area contributed by atoms with E-state index in [0.717, 1.165) is 44.1 Å². The molecule has 1 amide bonds. The molecule has 1 N–H and O–H groups in total. The molecule has 0 bridgehead atoms. The molecule has 0 unspecified atom stereocenters. The number of amides is 1. The van der Waals surface area contributed by atoms with Crippen molar-refractivity contribution < 1.29 is 9.53 Å². The molecule has 6 nitrogen and oxygen atoms in total. The number of nitrogens with zero attached hydrogens (tertiary/aromatic N) is 3. The van der Waals surface area contributed by atoms with Gasteiger partial charge in [-0.3, -0.25) is 4.79 Å². The molecule has 3 aromatic heterocycles. The van der Waals surface area contributed by atoms with Crippen molar-refractivity contribution in [3.8, 4) is 5.75 Å². The molecule has 0 radical (unpaired) electrons. The van der Waals surface area contributed by atoms with E-state index in [-0.39, 0.29) is 11.7 Å². The fraction of sp³-hybridized carbons (Fsp3) is 0.333. The number of anilines is 1. The van der Waals surface area contributed by atoms with Crippen molar-refractivity contribution >= 4 is 65.9 Å². The lowest BCUT2D eigenvalue weighted by atomic mass is 9.97. The highest BCUT2D eigenvalue weighted by Gasteiger charge is 2.20. The topological polar surface area (TPSA) is 77.0 Å². The molecule has 0 aliphatic heterocycles. The molecule has 9 heteroatoms. The summed E-state index contributed by atoms with van der Waals surface area (Å²) >= 11 is 4.70. The van der Waals surface area contributed by atoms with Gasteiger partial charge in [-0.25, -0.2) is 15.0 Å². The summed E-state index contributed by atoms with van der Waals surface area (Å²) in [6.07, 6.45) is 6.27. The number of carbonyl (C=O) groups excluding carboxylic acids is 1. The van der Waals surface area contributed by atoms with E-state index in [0.29, 0.717) is 11.7 Å². The minimum atomic E-state index is -0.0834. The van der Waals surface area contributed by atoms with Crippen molar-refractivity contribution in [3.63, 3.8) is 0 Å². The molecule has 0 atom stereocenters. The minimum Gasteiger partial charge on any atom is -0.494 e. The normalized spacial score (nSPS) is 13.5. The summed E-state index contributed by atoms with van der Waals surface area (Å²) in [5, 5.41) is 5.58. The van der Waals surface area contributed by atoms with Crippen LogP contribution in [-0.2, 0) is 17.6 Å². The van der Waals surface area contributed by atoms with E-state index in [4.69, 9.17) is 4.74 Å². The van der Waals surface area contributed by atoms with Crippen molar-refractivity contribution in [2.24, 2.45) is 0 Å². The van der Waals surface area contributed by atoms with Gasteiger partial charge in [0.2, 0.25) is 5.91 Å². The van der Waals surface area contributed by atoms with E-state index in [1.807, 2.05) is 25.1 Å². The number of hydrogen-bond donors (Lipinski definition) is 1. The second-order valence-electron chi connectivity index (χ2n) is 6.99. The molecule has 0 spiro atoms. The summed E-state index contributed by atoms with van der Waals surface area (Å²) < 4.78 is 6.53. The summed E-state index contributed by atoms with van der Waals surface area (Å²) in [4.78, 5) is 28.5. The maximum atomic E-state index is 12.6. The van der Waals surface area contributed by atoms with E-state index in [1.165, 1.54) is 46.4 Å². The van der Waals surface area contributed by atoms with E-state index in [1.54, 1.807) is 17.7 Å². The number of hydrogen-bond acceptors (Lipinski definition) is 8. The van der Waals surface area contributed by atoms with Crippen LogP contribution in [0.25, 0.3) is 20.4 Å². The Morgan fingerprint density at radius 1 is 1.23 bits per heavy atom. The zero-order valence-electron chi connectivity index (χ0n) is 16.4. The zero-order valence-corrected chi connectivity index (χ0v) is 18.9. The predicted octanol–water partition coefficient (Wildman–Crippen LogP) is 5.31. The van der Waals surface area contributed by atoms with Gasteiger partial charge in [0, 0.05) is 10.3 Å². The van der Waals surface area contributed by atoms with Crippen LogP contribution in [0, 0.1) is 0 Å². The highest BCUT2D eigenvalue weighted by molar-refractivity contribution is 8.00. The van der Waals surface area contributed by atoms with Crippen LogP contribution in [0.1, 0.15) is 30.2 Å². The van der Waals surface area contributed by atoms with Crippen LogP contribution in [0.5, 0.6) is 5.75 Å². The van der Waals surface area contributed by atoms with Crippen LogP contribution in [-0.4, -0.2) is 33.2 Å². The number of thiophene rings is 1. The van der Waals surface area contributed by atoms with Gasteiger partial charge < -0.3 is 10.1 Å². The third kappa shape index (κ3) is 3.89. The lowest BCUT2D eigenvalue weighted by Crippen LogP contribution is -2.14. The number of nitrogens with one attached hydrogen (secondary N) is 1. The van der Waals surface area contributed by atoms with Gasteiger partial charge in [0.1, 0.15) is 21.9 Å². The smallest absolute Gasteiger partial charge is 0.236 e. The van der Waals surface area contributed by atoms with Crippen molar-refractivity contribution in [1.82, 2.24) is 15.0 Å². The number of benzene rings is 1. The van der Waals surface area contributed by atoms with Gasteiger partial charge >= 0.3 is 0 Å². The first-order chi connectivity index (χ1) is 14.7. The Morgan fingerprint density at radius 2 is 2.13 bits per heavy atom. The molecule has 0 saturated carbocycles. The highest BCUT2D eigenvalue weighted by Crippen LogP contribution is 2.39. The monoisotopic (exact) mass is 456 g/mol. The maximum absolute atomic E-state index is 12.6. The van der Waals surface area contributed by atoms with Gasteiger partial charge in [-0.15, -0.1) is 11.3 Å². The molecule has 1 aliphatic rings. The second kappa shape index (κ2) is 8.49. The Balaban J connectivity index is 1.30. The van der Waals surface area contributed by atoms with Crippen molar-refractivity contribution in [2.75, 3.05) is 17.7 Å². The molecule has 0 saturated heterocycles. The zero-order chi connectivity index (χ0) is 20.5. The standard InChI is InChI=1S/C21H20N4O2S3/c1-2-27-12-7-8-14-16(9-12)30-21(24-14)25-17(26)10-28-19-18-13-5-3-4-6-15(13)29-20(18)23-11-22-19/h7-9,11H,2-6,10H2,1H3,(H,24,25,26). The van der Waals surface area contributed by atoms with Crippen LogP contribution in [0.15, 0.2) is 29.6 Å². The first-order valence-electron chi connectivity index (χ1n) is 9.92. The number of fused-ring (bicyclic) bond motifs is 4. The lowest BCUT2D eigenvalue weighted by molar-refractivity contribution is -0.113. The van der Waals surface area contributed by atoms with Crippen molar-refractivity contribution in [1.29, 1.82) is 0 Å². The van der Waals surface area contributed by atoms with Crippen molar-refractivity contribution in [2.45, 2.75) is 37.6 Å². The van der Waals surface area contributed by atoms with Crippen LogP contribution in [0.4, 0.5) is 5.13 Å². The van der Waals surface area contributed by atoms with Gasteiger partial charge in [-0.05, 0) is 56.4 Å². The summed E-state index contributed by atoms with van der Waals surface area (Å²) in [5.74, 6) is 1.02. The number of aryl methyl sites for hydroxylation is 2. The Morgan fingerprint density at radius 3 is 3.03 bits per heavy atom. The highest BCUT2D eigenvalue weighted by atomic mass is 32.2. The van der Waals surface area contributed by atoms with Gasteiger partial charge in [-0.1, -0.05) is 23.1 Å². The molecule has 0 fully saturated rings. The largest absolute Gasteiger partial charge is 0.494 e. The fourth-order valence-electron chi connectivity index (χ4n) is 3.67. The minimum absolute atomic E-state index is 0.0834. The molecule has 30 heavy (non-hydrogen) atoms. The average Bonchev–Trinajstić information content (AvgIpc) is 3.32. The van der Waals surface area contributed by atoms with Crippen LogP contribution in [0.3, 0.4) is 0 Å². The van der Waals surface area contributed by atoms with Gasteiger partial charge in [0.15, 0.2) is 5.13 Å². The molecular formula is C21H20N4O2S3. The SMILES string of the molecule is CCOc1ccc2nc(NC(=O)CSc3ncnc4sc5c(c34)CCCC5)sc2c1. The molecular weight excluding hydrogens is 436 g/mol. The summed E-state index contributed by atoms with van der Waals surface area (Å²) in [6, 6.07) is 5.77. The van der Waals surface area contributed by atoms with Gasteiger partial charge in [-0.2, -0.15) is 0 Å². The Bertz CT molecular complexity index is 1230. The Kier molecular flexibility index (Phi) is 5.58. The summed E-state index contributed by atoms with van der Waals surface area (Å²) in [6.45, 7) is 2.58. The van der Waals surface area contributed by atoms with E-state index < -0.39 is 0 Å². The quantitative estimate of drug-likeness (QED) is 0.313. The Labute approximate surface area is 186 Å². The van der Waals surface area contributed by atoms with Crippen LogP contribution < -0.4 is 10.1 Å². The van der Waals surface area contributed by atoms with Crippen LogP contribution >= 0.6 is 34.4 Å². The number of aromatic nitrogens is 3. The number of carbonyl (C=O) groups is 1. The molecule has 1 aromatic carbocycles. The number of ether oxygens (including phenoxy) is 1. The molecule has 5 rings (SSSR count). The first kappa shape index (κ1) is 19.7. The second-order valence-corrected chi connectivity index (χ2v) is 10.1. The third-order valence-electron chi connectivity index (χ3n) is 4.97. The predicted molar refractivity (Wildman–Crippen MR) is 124 cm³/mol. The van der Waals surface area contributed by atoms with Crippen molar-refractivity contribution in [3.05, 3.63) is 35.0 Å². The fourth-order valence-corrected chi connectivity index (χ4v) is 6.70. The van der Waals surface area contributed by atoms with Gasteiger partial charge in [0.25, 0.3) is 0 Å². The van der Waals surface area contributed by atoms with Gasteiger partial charge in [0.05, 0.1) is 22.6 Å². The molecule has 1 aliphatic carbocycles. The Hall–Kier alpha value is -2.23. The molecule has 4 aromatic rings. The molecule has 3 heterocycles. The van der Waals surface area contributed by atoms with E-state index in [9.17, 15) is 4.79 Å². The van der Waals surface area contributed by atoms with E-state index in [2.05, 4.69) is 20.3 Å².